The van der Waals surface area contributed by atoms with Gasteiger partial charge in [-0.15, -0.1) is 0 Å². The summed E-state index contributed by atoms with van der Waals surface area (Å²) in [5.74, 6) is -0.852. The molecule has 0 saturated heterocycles. The third kappa shape index (κ3) is 4.26. The van der Waals surface area contributed by atoms with Gasteiger partial charge in [0.25, 0.3) is 0 Å². The average molecular weight is 311 g/mol. The van der Waals surface area contributed by atoms with Gasteiger partial charge in [0.05, 0.1) is 17.0 Å². The zero-order chi connectivity index (χ0) is 15.5. The van der Waals surface area contributed by atoms with E-state index in [1.807, 2.05) is 0 Å². The Morgan fingerprint density at radius 2 is 2.10 bits per heavy atom. The van der Waals surface area contributed by atoms with Crippen LogP contribution in [-0.4, -0.2) is 28.6 Å². The Bertz CT molecular complexity index is 492. The maximum absolute atomic E-state index is 12.5. The van der Waals surface area contributed by atoms with Crippen LogP contribution in [0.3, 0.4) is 0 Å². The van der Waals surface area contributed by atoms with Crippen LogP contribution in [0.15, 0.2) is 12.3 Å². The molecule has 0 aromatic carbocycles. The third-order valence-electron chi connectivity index (χ3n) is 2.61. The molecule has 0 bridgehead atoms. The van der Waals surface area contributed by atoms with Crippen LogP contribution in [0.5, 0.6) is 0 Å². The first-order valence-electron chi connectivity index (χ1n) is 5.84. The number of carboxylic acid groups (broad SMARTS) is 1. The van der Waals surface area contributed by atoms with E-state index in [0.717, 1.165) is 6.07 Å². The molecule has 1 rings (SSSR count). The molecule has 0 radical (unpaired) electrons. The summed E-state index contributed by atoms with van der Waals surface area (Å²) in [7, 11) is 0. The van der Waals surface area contributed by atoms with Crippen LogP contribution in [-0.2, 0) is 11.0 Å². The number of aliphatic carboxylic acids is 1. The summed E-state index contributed by atoms with van der Waals surface area (Å²) in [6, 6.07) is 0.649. The number of aromatic nitrogens is 1. The van der Waals surface area contributed by atoms with Crippen molar-refractivity contribution in [2.24, 2.45) is 0 Å². The first kappa shape index (κ1) is 16.6. The largest absolute Gasteiger partial charge is 0.481 e. The van der Waals surface area contributed by atoms with Crippen molar-refractivity contribution in [2.45, 2.75) is 32.5 Å². The molecule has 0 amide bonds. The fourth-order valence-corrected chi connectivity index (χ4v) is 1.90. The molecule has 0 aliphatic rings. The van der Waals surface area contributed by atoms with E-state index in [2.05, 4.69) is 4.98 Å². The molecular weight excluding hydrogens is 297 g/mol. The van der Waals surface area contributed by atoms with E-state index in [4.69, 9.17) is 16.7 Å². The highest BCUT2D eigenvalue weighted by Crippen LogP contribution is 2.33. The van der Waals surface area contributed by atoms with Crippen molar-refractivity contribution in [3.05, 3.63) is 22.8 Å². The van der Waals surface area contributed by atoms with Crippen molar-refractivity contribution in [3.8, 4) is 0 Å². The van der Waals surface area contributed by atoms with Crippen LogP contribution in [0.4, 0.5) is 19.0 Å². The minimum atomic E-state index is -4.51. The summed E-state index contributed by atoms with van der Waals surface area (Å²) >= 11 is 5.84. The number of alkyl halides is 3. The Morgan fingerprint density at radius 1 is 1.50 bits per heavy atom. The number of hydrogen-bond acceptors (Lipinski definition) is 3. The Hall–Kier alpha value is -1.50. The highest BCUT2D eigenvalue weighted by Gasteiger charge is 2.32. The maximum Gasteiger partial charge on any atom is 0.417 e. The van der Waals surface area contributed by atoms with E-state index in [1.54, 1.807) is 18.7 Å². The summed E-state index contributed by atoms with van der Waals surface area (Å²) in [6.45, 7) is 3.67. The molecule has 0 atom stereocenters. The average Bonchev–Trinajstić information content (AvgIpc) is 2.28. The molecule has 0 unspecified atom stereocenters. The fraction of sp³-hybridized carbons (Fsp3) is 0.500. The van der Waals surface area contributed by atoms with E-state index in [0.29, 0.717) is 6.20 Å². The molecule has 1 heterocycles. The van der Waals surface area contributed by atoms with E-state index in [1.165, 1.54) is 0 Å². The third-order valence-corrected chi connectivity index (χ3v) is 2.89. The second kappa shape index (κ2) is 6.30. The SMILES string of the molecule is CC(C)N(CCC(=O)O)c1ncc(C(F)(F)F)cc1Cl. The number of halogens is 4. The Labute approximate surface area is 119 Å². The second-order valence-electron chi connectivity index (χ2n) is 4.46. The first-order chi connectivity index (χ1) is 9.12. The van der Waals surface area contributed by atoms with Crippen molar-refractivity contribution in [2.75, 3.05) is 11.4 Å². The van der Waals surface area contributed by atoms with Gasteiger partial charge >= 0.3 is 12.1 Å². The first-order valence-corrected chi connectivity index (χ1v) is 6.22. The number of nitrogens with zero attached hydrogens (tertiary/aromatic N) is 2. The molecule has 4 nitrogen and oxygen atoms in total. The van der Waals surface area contributed by atoms with Crippen molar-refractivity contribution in [3.63, 3.8) is 0 Å². The standard InChI is InChI=1S/C12H14ClF3N2O2/c1-7(2)18(4-3-10(19)20)11-9(13)5-8(6-17-11)12(14,15)16/h5-7H,3-4H2,1-2H3,(H,19,20). The number of hydrogen-bond donors (Lipinski definition) is 1. The molecule has 1 N–H and O–H groups in total. The Kier molecular flexibility index (Phi) is 5.21. The molecule has 8 heteroatoms. The predicted octanol–water partition coefficient (Wildman–Crippen LogP) is 3.44. The van der Waals surface area contributed by atoms with Crippen molar-refractivity contribution < 1.29 is 23.1 Å². The van der Waals surface area contributed by atoms with E-state index in [-0.39, 0.29) is 29.8 Å². The van der Waals surface area contributed by atoms with E-state index < -0.39 is 17.7 Å². The van der Waals surface area contributed by atoms with Gasteiger partial charge < -0.3 is 10.0 Å². The molecule has 0 saturated carbocycles. The minimum absolute atomic E-state index is 0.116. The van der Waals surface area contributed by atoms with Gasteiger partial charge in [-0.05, 0) is 19.9 Å². The summed E-state index contributed by atoms with van der Waals surface area (Å²) < 4.78 is 37.6. The van der Waals surface area contributed by atoms with Crippen LogP contribution in [0.25, 0.3) is 0 Å². The van der Waals surface area contributed by atoms with Crippen LogP contribution in [0.1, 0.15) is 25.8 Å². The molecule has 20 heavy (non-hydrogen) atoms. The maximum atomic E-state index is 12.5. The predicted molar refractivity (Wildman–Crippen MR) is 69.0 cm³/mol. The number of pyridine rings is 1. The lowest BCUT2D eigenvalue weighted by atomic mass is 10.2. The van der Waals surface area contributed by atoms with Gasteiger partial charge in [0.15, 0.2) is 0 Å². The molecule has 0 aliphatic carbocycles. The zero-order valence-corrected chi connectivity index (χ0v) is 11.7. The van der Waals surface area contributed by atoms with Gasteiger partial charge in [-0.25, -0.2) is 4.98 Å². The second-order valence-corrected chi connectivity index (χ2v) is 4.87. The number of rotatable bonds is 5. The monoisotopic (exact) mass is 310 g/mol. The highest BCUT2D eigenvalue weighted by molar-refractivity contribution is 6.33. The van der Waals surface area contributed by atoms with Gasteiger partial charge in [-0.1, -0.05) is 11.6 Å². The lowest BCUT2D eigenvalue weighted by molar-refractivity contribution is -0.138. The van der Waals surface area contributed by atoms with Gasteiger partial charge in [0, 0.05) is 18.8 Å². The normalized spacial score (nSPS) is 11.8. The molecule has 0 fully saturated rings. The topological polar surface area (TPSA) is 53.4 Å². The van der Waals surface area contributed by atoms with Crippen molar-refractivity contribution in [1.29, 1.82) is 0 Å². The van der Waals surface area contributed by atoms with Crippen LogP contribution in [0.2, 0.25) is 5.02 Å². The lowest BCUT2D eigenvalue weighted by Crippen LogP contribution is -2.34. The Morgan fingerprint density at radius 3 is 2.50 bits per heavy atom. The number of carboxylic acids is 1. The van der Waals surface area contributed by atoms with Gasteiger partial charge in [-0.2, -0.15) is 13.2 Å². The van der Waals surface area contributed by atoms with E-state index in [9.17, 15) is 18.0 Å². The van der Waals surface area contributed by atoms with Gasteiger partial charge in [0.2, 0.25) is 0 Å². The van der Waals surface area contributed by atoms with Crippen molar-refractivity contribution in [1.82, 2.24) is 4.98 Å². The Balaban J connectivity index is 3.06. The lowest BCUT2D eigenvalue weighted by Gasteiger charge is -2.28. The van der Waals surface area contributed by atoms with Crippen molar-refractivity contribution >= 4 is 23.4 Å². The zero-order valence-electron chi connectivity index (χ0n) is 10.9. The van der Waals surface area contributed by atoms with E-state index >= 15 is 0 Å². The van der Waals surface area contributed by atoms with Crippen LogP contribution < -0.4 is 4.90 Å². The smallest absolute Gasteiger partial charge is 0.417 e. The summed E-state index contributed by atoms with van der Waals surface area (Å²) in [5, 5.41) is 8.53. The summed E-state index contributed by atoms with van der Waals surface area (Å²) in [6.07, 6.45) is -3.98. The molecule has 0 aliphatic heterocycles. The minimum Gasteiger partial charge on any atom is -0.481 e. The molecule has 0 spiro atoms. The highest BCUT2D eigenvalue weighted by atomic mass is 35.5. The van der Waals surface area contributed by atoms with Crippen LogP contribution in [0, 0.1) is 0 Å². The summed E-state index contributed by atoms with van der Waals surface area (Å²) in [4.78, 5) is 15.9. The van der Waals surface area contributed by atoms with Gasteiger partial charge in [0.1, 0.15) is 5.82 Å². The molecule has 112 valence electrons. The van der Waals surface area contributed by atoms with Gasteiger partial charge in [-0.3, -0.25) is 4.79 Å². The fourth-order valence-electron chi connectivity index (χ4n) is 1.62. The quantitative estimate of drug-likeness (QED) is 0.905. The number of carbonyl (C=O) groups is 1. The molecular formula is C12H14ClF3N2O2. The molecule has 1 aromatic rings. The summed E-state index contributed by atoms with van der Waals surface area (Å²) in [5.41, 5.74) is -0.937. The molecule has 1 aromatic heterocycles. The van der Waals surface area contributed by atoms with Crippen LogP contribution >= 0.6 is 11.6 Å². The number of anilines is 1.